The molecule has 0 amide bonds. The molecule has 55 heteroatoms. The van der Waals surface area contributed by atoms with Crippen molar-refractivity contribution >= 4 is 168 Å². The smallest absolute Gasteiger partial charge is 0.414 e. The number of rotatable bonds is 61. The molecule has 653 valence electrons. The van der Waals surface area contributed by atoms with Gasteiger partial charge in [0, 0.05) is 124 Å². The first-order valence-corrected chi connectivity index (χ1v) is 80.0. The third-order valence-corrected chi connectivity index (χ3v) is 82.6. The van der Waals surface area contributed by atoms with Gasteiger partial charge in [-0.3, -0.25) is 0 Å². The molecule has 6 bridgehead atoms. The van der Waals surface area contributed by atoms with E-state index in [4.69, 9.17) is 151 Å². The van der Waals surface area contributed by atoms with Crippen LogP contribution in [0.1, 0.15) is 83.1 Å². The topological polar surface area (TPSA) is 350 Å². The normalized spacial score (nSPS) is 28.1. The van der Waals surface area contributed by atoms with Gasteiger partial charge >= 0.3 is 108 Å². The van der Waals surface area contributed by atoms with Crippen LogP contribution in [0.15, 0.2) is 0 Å². The predicted molar refractivity (Wildman–Crippen MR) is 443 cm³/mol. The summed E-state index contributed by atoms with van der Waals surface area (Å²) in [6.45, 7) is 53.3. The van der Waals surface area contributed by atoms with Crippen molar-refractivity contribution in [2.24, 2.45) is 0 Å². The highest BCUT2D eigenvalue weighted by Gasteiger charge is 2.88. The van der Waals surface area contributed by atoms with E-state index >= 15 is 0 Å². The SMILES string of the molecule is CCO[Si](CC[Si](C)(C)O[Si]12O[Si](O[Si]C)O[Si]3(OC)O[Si]4(O[Si](C)(C)CCOCC5CO5)O[Si](O)(O[Si](C)(C)CCOCC5CO5)O[Si](O[Si](C)(C)CC[Si](OCC)(OCC)OCC)(O1)O[Si](O[Si](C)(C)CC[Si](OCC)(OCC)OCC)(O4)O[Si](O[Si](C)(C)CC[Si](OCC)(OCC)OCC)(O3)O2)(OCC)OCC. The molecule has 0 aromatic rings. The van der Waals surface area contributed by atoms with E-state index in [1.165, 1.54) is 7.11 Å². The van der Waals surface area contributed by atoms with Gasteiger partial charge in [-0.25, -0.2) is 0 Å². The Hall–Kier alpha value is 2.68. The molecule has 111 heavy (non-hydrogen) atoms. The van der Waals surface area contributed by atoms with Gasteiger partial charge in [-0.2, -0.15) is 0 Å². The molecule has 9 atom stereocenters. The van der Waals surface area contributed by atoms with Crippen LogP contribution in [-0.2, 0) is 151 Å². The third-order valence-electron chi connectivity index (χ3n) is 17.1. The van der Waals surface area contributed by atoms with E-state index in [0.717, 1.165) is 0 Å². The van der Waals surface area contributed by atoms with Gasteiger partial charge in [0.2, 0.25) is 9.76 Å². The van der Waals surface area contributed by atoms with Crippen molar-refractivity contribution in [1.82, 2.24) is 0 Å². The standard InChI is InChI=1S/C56H137O36Si19/c1-27-63-101(64-28-2,65-29-3)47-43-97(19,20)79-107-77-94(75-93-14)76-106(58-13)86-108(80-96(17,18)42-40-60-52-56-54-62-56)84-105(57,78-95(15,16)41-39-59-51-55-53-61-55)85-109(88-107,81-98(21,22)44-48-102(66-30-4,67-31-5)68-32-6)91-111(90-108,83-100(25,26)46-50-104(72-36-10,73-37-11)74-38-12)92-110(87-106,89-107)82-99(23,24)45-49-103(69-33-7,70-34-8)71-35-9/h55-57H,27-54H2,1-26H3. The summed E-state index contributed by atoms with van der Waals surface area (Å²) in [4.78, 5) is 14.7. The van der Waals surface area contributed by atoms with Crippen LogP contribution in [-0.4, -0.2) is 311 Å². The summed E-state index contributed by atoms with van der Waals surface area (Å²) in [6.07, 6.45) is -0.0997. The zero-order chi connectivity index (χ0) is 82.5. The summed E-state index contributed by atoms with van der Waals surface area (Å²) >= 11 is 0. The molecule has 6 saturated heterocycles. The summed E-state index contributed by atoms with van der Waals surface area (Å²) in [5.41, 5.74) is 0. The zero-order valence-electron chi connectivity index (χ0n) is 71.2. The van der Waals surface area contributed by atoms with Crippen molar-refractivity contribution in [2.75, 3.05) is 126 Å². The maximum absolute atomic E-state index is 14.7. The maximum atomic E-state index is 14.7. The first-order valence-electron chi connectivity index (χ1n) is 39.5. The summed E-state index contributed by atoms with van der Waals surface area (Å²) < 4.78 is 248. The average molecular weight is 1920 g/mol. The van der Waals surface area contributed by atoms with E-state index in [2.05, 4.69) is 0 Å². The minimum absolute atomic E-state index is 0.0461. The fraction of sp³-hybridized carbons (Fsp3) is 1.00. The van der Waals surface area contributed by atoms with Crippen molar-refractivity contribution in [1.29, 1.82) is 0 Å². The van der Waals surface area contributed by atoms with Crippen molar-refractivity contribution in [3.8, 4) is 0 Å². The van der Waals surface area contributed by atoms with Crippen LogP contribution < -0.4 is 0 Å². The molecule has 1 N–H and O–H groups in total. The highest BCUT2D eigenvalue weighted by molar-refractivity contribution is 7.01. The van der Waals surface area contributed by atoms with Gasteiger partial charge in [-0.1, -0.05) is 0 Å². The van der Waals surface area contributed by atoms with Gasteiger partial charge in [-0.05, 0) is 204 Å². The van der Waals surface area contributed by atoms with Gasteiger partial charge in [0.15, 0.2) is 49.9 Å². The maximum Gasteiger partial charge on any atom is 0.660 e. The highest BCUT2D eigenvalue weighted by atomic mass is 28.7. The van der Waals surface area contributed by atoms with Gasteiger partial charge in [0.25, 0.3) is 0 Å². The molecule has 0 aromatic carbocycles. The molecule has 0 aromatic heterocycles. The summed E-state index contributed by atoms with van der Waals surface area (Å²) in [5.74, 6) is 0. The van der Waals surface area contributed by atoms with Crippen molar-refractivity contribution < 1.29 is 155 Å². The van der Waals surface area contributed by atoms with Gasteiger partial charge in [-0.15, -0.1) is 0 Å². The highest BCUT2D eigenvalue weighted by Crippen LogP contribution is 2.51. The molecular weight excluding hydrogens is 1780 g/mol. The fourth-order valence-electron chi connectivity index (χ4n) is 12.2. The lowest BCUT2D eigenvalue weighted by Crippen LogP contribution is -2.88. The van der Waals surface area contributed by atoms with Crippen LogP contribution in [0.2, 0.25) is 146 Å². The summed E-state index contributed by atoms with van der Waals surface area (Å²) in [7, 11) is -78.7. The number of ether oxygens (including phenoxy) is 4. The molecule has 6 aliphatic heterocycles. The molecule has 9 unspecified atom stereocenters. The molecule has 6 rings (SSSR count). The van der Waals surface area contributed by atoms with Gasteiger partial charge in [0.1, 0.15) is 12.2 Å². The average Bonchev–Trinajstić information content (AvgIpc) is 1.32. The Morgan fingerprint density at radius 1 is 0.324 bits per heavy atom. The molecule has 6 aliphatic rings. The summed E-state index contributed by atoms with van der Waals surface area (Å²) in [5, 5.41) is 0. The van der Waals surface area contributed by atoms with E-state index < -0.39 is 158 Å². The molecule has 6 fully saturated rings. The molecule has 0 aliphatic carbocycles. The predicted octanol–water partition coefficient (Wildman–Crippen LogP) is 8.93. The summed E-state index contributed by atoms with van der Waals surface area (Å²) in [6, 6.07) is 2.46. The Morgan fingerprint density at radius 2 is 0.550 bits per heavy atom. The Balaban J connectivity index is 1.85. The van der Waals surface area contributed by atoms with Crippen molar-refractivity contribution in [3.05, 3.63) is 0 Å². The Labute approximate surface area is 685 Å². The van der Waals surface area contributed by atoms with Crippen molar-refractivity contribution in [2.45, 2.75) is 241 Å². The molecule has 0 saturated carbocycles. The van der Waals surface area contributed by atoms with Crippen LogP contribution >= 0.6 is 0 Å². The van der Waals surface area contributed by atoms with E-state index in [1.54, 1.807) is 6.55 Å². The molecule has 0 spiro atoms. The zero-order valence-corrected chi connectivity index (χ0v) is 90.2. The number of hydrogen-bond donors (Lipinski definition) is 1. The monoisotopic (exact) mass is 1920 g/mol. The lowest BCUT2D eigenvalue weighted by atomic mass is 10.5. The number of hydrogen-bond acceptors (Lipinski definition) is 36. The molecule has 3 radical (unpaired) electrons. The lowest BCUT2D eigenvalue weighted by molar-refractivity contribution is -0.105. The fourth-order valence-corrected chi connectivity index (χ4v) is 90.3. The second kappa shape index (κ2) is 44.5. The van der Waals surface area contributed by atoms with E-state index in [1.807, 2.05) is 162 Å². The minimum Gasteiger partial charge on any atom is -0.414 e. The minimum atomic E-state index is -5.96. The quantitative estimate of drug-likeness (QED) is 0.0337. The Bertz CT molecular complexity index is 2660. The number of fused-ring (bicyclic) bond motifs is 4. The second-order valence-corrected chi connectivity index (χ2v) is 88.2. The largest absolute Gasteiger partial charge is 0.660 e. The van der Waals surface area contributed by atoms with E-state index in [9.17, 15) is 4.80 Å². The van der Waals surface area contributed by atoms with E-state index in [0.29, 0.717) is 66.1 Å². The molecule has 36 nitrogen and oxygen atoms in total. The van der Waals surface area contributed by atoms with Crippen LogP contribution in [0.25, 0.3) is 0 Å². The van der Waals surface area contributed by atoms with Crippen molar-refractivity contribution in [3.63, 3.8) is 0 Å². The van der Waals surface area contributed by atoms with Gasteiger partial charge < -0.3 is 155 Å². The lowest BCUT2D eigenvalue weighted by Gasteiger charge is -2.57. The third kappa shape index (κ3) is 32.3. The van der Waals surface area contributed by atoms with Crippen LogP contribution in [0.4, 0.5) is 0 Å². The molecular formula is C56H137O36Si19. The Morgan fingerprint density at radius 3 is 0.802 bits per heavy atom. The second-order valence-electron chi connectivity index (χ2n) is 30.1. The number of epoxide rings is 2. The van der Waals surface area contributed by atoms with Crippen LogP contribution in [0.5, 0.6) is 0 Å². The first-order chi connectivity index (χ1) is 52.0. The van der Waals surface area contributed by atoms with Crippen LogP contribution in [0, 0.1) is 0 Å². The molecule has 6 heterocycles. The first kappa shape index (κ1) is 102. The van der Waals surface area contributed by atoms with E-state index in [-0.39, 0.29) is 135 Å². The van der Waals surface area contributed by atoms with Crippen LogP contribution in [0.3, 0.4) is 0 Å². The van der Waals surface area contributed by atoms with Gasteiger partial charge in [0.05, 0.1) is 26.4 Å². The Kier molecular flexibility index (Phi) is 41.1.